The molecule has 0 aliphatic carbocycles. The van der Waals surface area contributed by atoms with Gasteiger partial charge in [-0.2, -0.15) is 5.10 Å². The first-order valence-corrected chi connectivity index (χ1v) is 9.85. The Labute approximate surface area is 164 Å². The van der Waals surface area contributed by atoms with Crippen molar-refractivity contribution < 1.29 is 17.2 Å². The molecule has 3 aromatic heterocycles. The van der Waals surface area contributed by atoms with Gasteiger partial charge in [0.25, 0.3) is 10.0 Å². The number of nitrogens with zero attached hydrogens (tertiary/aromatic N) is 4. The molecule has 0 atom stereocenters. The average molecular weight is 416 g/mol. The summed E-state index contributed by atoms with van der Waals surface area (Å²) in [6, 6.07) is 8.82. The zero-order chi connectivity index (χ0) is 20.4. The summed E-state index contributed by atoms with van der Waals surface area (Å²) >= 11 is 0. The van der Waals surface area contributed by atoms with E-state index in [-0.39, 0.29) is 10.6 Å². The lowest BCUT2D eigenvalue weighted by atomic mass is 10.3. The largest absolute Gasteiger partial charge is 0.364 e. The van der Waals surface area contributed by atoms with E-state index in [1.54, 1.807) is 29.0 Å². The van der Waals surface area contributed by atoms with Crippen molar-refractivity contribution >= 4 is 27.2 Å². The lowest BCUT2D eigenvalue weighted by Crippen LogP contribution is -2.14. The van der Waals surface area contributed by atoms with E-state index in [9.17, 15) is 17.2 Å². The highest BCUT2D eigenvalue weighted by Crippen LogP contribution is 2.19. The van der Waals surface area contributed by atoms with E-state index < -0.39 is 21.7 Å². The summed E-state index contributed by atoms with van der Waals surface area (Å²) in [6.07, 6.45) is 4.45. The molecule has 0 radical (unpaired) electrons. The van der Waals surface area contributed by atoms with Crippen LogP contribution in [0.4, 0.5) is 20.3 Å². The number of rotatable bonds is 6. The van der Waals surface area contributed by atoms with Gasteiger partial charge in [-0.15, -0.1) is 0 Å². The fourth-order valence-corrected chi connectivity index (χ4v) is 3.66. The summed E-state index contributed by atoms with van der Waals surface area (Å²) in [5.41, 5.74) is 1.33. The third-order valence-corrected chi connectivity index (χ3v) is 5.35. The van der Waals surface area contributed by atoms with Gasteiger partial charge in [-0.25, -0.2) is 31.7 Å². The van der Waals surface area contributed by atoms with Crippen molar-refractivity contribution in [2.24, 2.45) is 0 Å². The maximum absolute atomic E-state index is 13.3. The highest BCUT2D eigenvalue weighted by molar-refractivity contribution is 7.92. The SMILES string of the molecule is O=S(=O)(Nc1cc(F)cc(F)c1)c1ccc(NCc2ccnc3ccnn23)nc1. The van der Waals surface area contributed by atoms with Crippen LogP contribution in [0.1, 0.15) is 5.69 Å². The minimum Gasteiger partial charge on any atom is -0.364 e. The van der Waals surface area contributed by atoms with Gasteiger partial charge in [-0.05, 0) is 30.3 Å². The fraction of sp³-hybridized carbons (Fsp3) is 0.0556. The fourth-order valence-electron chi connectivity index (χ4n) is 2.67. The predicted molar refractivity (Wildman–Crippen MR) is 102 cm³/mol. The highest BCUT2D eigenvalue weighted by atomic mass is 32.2. The average Bonchev–Trinajstić information content (AvgIpc) is 3.15. The van der Waals surface area contributed by atoms with E-state index in [0.717, 1.165) is 24.0 Å². The lowest BCUT2D eigenvalue weighted by Gasteiger charge is -2.10. The molecule has 11 heteroatoms. The van der Waals surface area contributed by atoms with Gasteiger partial charge in [-0.1, -0.05) is 0 Å². The summed E-state index contributed by atoms with van der Waals surface area (Å²) < 4.78 is 55.1. The molecule has 0 fully saturated rings. The molecule has 8 nitrogen and oxygen atoms in total. The Hall–Kier alpha value is -3.60. The molecule has 148 valence electrons. The molecule has 0 amide bonds. The number of pyridine rings is 1. The van der Waals surface area contributed by atoms with Gasteiger partial charge in [0.15, 0.2) is 5.65 Å². The number of nitrogens with one attached hydrogen (secondary N) is 2. The van der Waals surface area contributed by atoms with Crippen molar-refractivity contribution in [2.45, 2.75) is 11.4 Å². The number of hydrogen-bond acceptors (Lipinski definition) is 6. The quantitative estimate of drug-likeness (QED) is 0.501. The number of fused-ring (bicyclic) bond motifs is 1. The van der Waals surface area contributed by atoms with Crippen LogP contribution in [0.5, 0.6) is 0 Å². The van der Waals surface area contributed by atoms with Crippen LogP contribution in [0.25, 0.3) is 5.65 Å². The number of hydrogen-bond donors (Lipinski definition) is 2. The second kappa shape index (κ2) is 7.43. The summed E-state index contributed by atoms with van der Waals surface area (Å²) in [4.78, 5) is 8.11. The number of benzene rings is 1. The Morgan fingerprint density at radius 2 is 1.76 bits per heavy atom. The Morgan fingerprint density at radius 1 is 0.966 bits per heavy atom. The summed E-state index contributed by atoms with van der Waals surface area (Å²) in [6.45, 7) is 0.389. The van der Waals surface area contributed by atoms with Gasteiger partial charge in [0, 0.05) is 24.5 Å². The first-order chi connectivity index (χ1) is 13.9. The van der Waals surface area contributed by atoms with E-state index in [0.29, 0.717) is 24.1 Å². The van der Waals surface area contributed by atoms with Crippen molar-refractivity contribution in [3.63, 3.8) is 0 Å². The molecule has 2 N–H and O–H groups in total. The zero-order valence-electron chi connectivity index (χ0n) is 14.8. The molecule has 1 aromatic carbocycles. The van der Waals surface area contributed by atoms with Crippen LogP contribution in [0.2, 0.25) is 0 Å². The molecule has 4 rings (SSSR count). The van der Waals surface area contributed by atoms with E-state index >= 15 is 0 Å². The molecule has 0 bridgehead atoms. The standard InChI is InChI=1S/C18H14F2N6O2S/c19-12-7-13(20)9-14(8-12)25-29(27,28)16-1-2-17(23-11-16)22-10-15-3-5-21-18-4-6-24-26(15)18/h1-9,11,25H,10H2,(H,22,23). The van der Waals surface area contributed by atoms with Crippen molar-refractivity contribution in [3.05, 3.63) is 78.4 Å². The Balaban J connectivity index is 1.47. The number of halogens is 2. The summed E-state index contributed by atoms with van der Waals surface area (Å²) in [5, 5.41) is 7.25. The van der Waals surface area contributed by atoms with Gasteiger partial charge in [0.05, 0.1) is 24.1 Å². The monoisotopic (exact) mass is 416 g/mol. The van der Waals surface area contributed by atoms with Crippen molar-refractivity contribution in [2.75, 3.05) is 10.0 Å². The number of sulfonamides is 1. The van der Waals surface area contributed by atoms with Gasteiger partial charge >= 0.3 is 0 Å². The maximum Gasteiger partial charge on any atom is 0.263 e. The topological polar surface area (TPSA) is 101 Å². The van der Waals surface area contributed by atoms with Crippen molar-refractivity contribution in [3.8, 4) is 0 Å². The van der Waals surface area contributed by atoms with Crippen molar-refractivity contribution in [1.29, 1.82) is 0 Å². The molecule has 0 spiro atoms. The maximum atomic E-state index is 13.3. The van der Waals surface area contributed by atoms with Crippen LogP contribution < -0.4 is 10.0 Å². The van der Waals surface area contributed by atoms with Crippen LogP contribution in [-0.4, -0.2) is 28.0 Å². The van der Waals surface area contributed by atoms with Crippen molar-refractivity contribution in [1.82, 2.24) is 19.6 Å². The minimum absolute atomic E-state index is 0.147. The van der Waals surface area contributed by atoms with Crippen LogP contribution in [-0.2, 0) is 16.6 Å². The van der Waals surface area contributed by atoms with E-state index in [4.69, 9.17) is 0 Å². The van der Waals surface area contributed by atoms with Crippen LogP contribution in [0.15, 0.2) is 66.0 Å². The molecule has 0 saturated heterocycles. The van der Waals surface area contributed by atoms with E-state index in [2.05, 4.69) is 25.1 Å². The third-order valence-electron chi connectivity index (χ3n) is 3.98. The molecular formula is C18H14F2N6O2S. The Morgan fingerprint density at radius 3 is 2.48 bits per heavy atom. The molecule has 29 heavy (non-hydrogen) atoms. The molecule has 3 heterocycles. The number of aromatic nitrogens is 4. The molecule has 0 unspecified atom stereocenters. The molecule has 0 aliphatic rings. The first-order valence-electron chi connectivity index (χ1n) is 8.37. The lowest BCUT2D eigenvalue weighted by molar-refractivity contribution is 0.584. The molecule has 0 saturated carbocycles. The van der Waals surface area contributed by atoms with Crippen LogP contribution in [0.3, 0.4) is 0 Å². The van der Waals surface area contributed by atoms with Crippen LogP contribution in [0, 0.1) is 11.6 Å². The summed E-state index contributed by atoms with van der Waals surface area (Å²) in [7, 11) is -4.05. The van der Waals surface area contributed by atoms with Gasteiger partial charge in [0.2, 0.25) is 0 Å². The van der Waals surface area contributed by atoms with E-state index in [1.165, 1.54) is 12.1 Å². The highest BCUT2D eigenvalue weighted by Gasteiger charge is 2.16. The Bertz CT molecular complexity index is 1260. The third kappa shape index (κ3) is 4.14. The minimum atomic E-state index is -4.05. The summed E-state index contributed by atoms with van der Waals surface area (Å²) in [5.74, 6) is -1.33. The van der Waals surface area contributed by atoms with Crippen LogP contribution >= 0.6 is 0 Å². The normalized spacial score (nSPS) is 11.5. The molecule has 0 aliphatic heterocycles. The molecular weight excluding hydrogens is 402 g/mol. The second-order valence-corrected chi connectivity index (χ2v) is 7.72. The zero-order valence-corrected chi connectivity index (χ0v) is 15.6. The van der Waals surface area contributed by atoms with E-state index in [1.807, 2.05) is 0 Å². The second-order valence-electron chi connectivity index (χ2n) is 6.03. The predicted octanol–water partition coefficient (Wildman–Crippen LogP) is 2.82. The van der Waals surface area contributed by atoms with Gasteiger partial charge < -0.3 is 5.32 Å². The molecule has 4 aromatic rings. The Kier molecular flexibility index (Phi) is 4.80. The first kappa shape index (κ1) is 18.7. The number of anilines is 2. The van der Waals surface area contributed by atoms with Gasteiger partial charge in [0.1, 0.15) is 22.3 Å². The van der Waals surface area contributed by atoms with Gasteiger partial charge in [-0.3, -0.25) is 4.72 Å². The smallest absolute Gasteiger partial charge is 0.263 e.